The van der Waals surface area contributed by atoms with Gasteiger partial charge in [0.2, 0.25) is 0 Å². The van der Waals surface area contributed by atoms with Crippen molar-refractivity contribution in [2.24, 2.45) is 5.92 Å². The molecule has 0 aromatic heterocycles. The zero-order valence-electron chi connectivity index (χ0n) is 18.2. The number of carbonyl (C=O) groups excluding carboxylic acids is 1. The second-order valence-corrected chi connectivity index (χ2v) is 9.21. The average Bonchev–Trinajstić information content (AvgIpc) is 2.81. The number of nitrogens with zero attached hydrogens (tertiary/aromatic N) is 3. The Balaban J connectivity index is 1.17. The summed E-state index contributed by atoms with van der Waals surface area (Å²) in [5.74, 6) is 0.735. The van der Waals surface area contributed by atoms with E-state index in [9.17, 15) is 4.79 Å². The first-order valence-electron chi connectivity index (χ1n) is 11.5. The molecule has 2 aliphatic heterocycles. The van der Waals surface area contributed by atoms with Gasteiger partial charge in [-0.15, -0.1) is 0 Å². The topological polar surface area (TPSA) is 38.8 Å². The third-order valence-corrected chi connectivity index (χ3v) is 6.69. The number of nitrogens with one attached hydrogen (secondary N) is 1. The number of carbonyl (C=O) groups is 1. The SMILES string of the molecule is O=C(Nc1ccc(Cl)cc1)N1CCN(C[C@@H]2CCCN(CCc3ccccc3)C2)CC1. The number of amides is 2. The van der Waals surface area contributed by atoms with E-state index in [0.717, 1.165) is 57.3 Å². The first-order chi connectivity index (χ1) is 15.2. The summed E-state index contributed by atoms with van der Waals surface area (Å²) in [6.07, 6.45) is 3.75. The van der Waals surface area contributed by atoms with Crippen LogP contribution in [0.25, 0.3) is 0 Å². The van der Waals surface area contributed by atoms with Crippen LogP contribution in [0.5, 0.6) is 0 Å². The fourth-order valence-electron chi connectivity index (χ4n) is 4.67. The molecule has 2 fully saturated rings. The zero-order chi connectivity index (χ0) is 21.5. The van der Waals surface area contributed by atoms with Gasteiger partial charge >= 0.3 is 6.03 Å². The number of piperazine rings is 1. The van der Waals surface area contributed by atoms with Gasteiger partial charge in [0.15, 0.2) is 0 Å². The summed E-state index contributed by atoms with van der Waals surface area (Å²) in [7, 11) is 0. The summed E-state index contributed by atoms with van der Waals surface area (Å²) in [5.41, 5.74) is 2.22. The monoisotopic (exact) mass is 440 g/mol. The highest BCUT2D eigenvalue weighted by Crippen LogP contribution is 2.19. The highest BCUT2D eigenvalue weighted by atomic mass is 35.5. The van der Waals surface area contributed by atoms with Crippen LogP contribution in [-0.2, 0) is 6.42 Å². The van der Waals surface area contributed by atoms with E-state index in [2.05, 4.69) is 45.4 Å². The number of benzene rings is 2. The summed E-state index contributed by atoms with van der Waals surface area (Å²) in [6, 6.07) is 18.0. The third kappa shape index (κ3) is 6.70. The predicted octanol–water partition coefficient (Wildman–Crippen LogP) is 4.44. The van der Waals surface area contributed by atoms with Crippen molar-refractivity contribution in [2.75, 3.05) is 57.7 Å². The Bertz CT molecular complexity index is 821. The molecule has 0 saturated carbocycles. The van der Waals surface area contributed by atoms with Crippen molar-refractivity contribution >= 4 is 23.3 Å². The summed E-state index contributed by atoms with van der Waals surface area (Å²) in [4.78, 5) is 19.6. The second-order valence-electron chi connectivity index (χ2n) is 8.77. The van der Waals surface area contributed by atoms with Gasteiger partial charge in [0.25, 0.3) is 0 Å². The van der Waals surface area contributed by atoms with E-state index < -0.39 is 0 Å². The van der Waals surface area contributed by atoms with Crippen LogP contribution in [-0.4, -0.2) is 73.1 Å². The van der Waals surface area contributed by atoms with Gasteiger partial charge in [0, 0.05) is 56.5 Å². The van der Waals surface area contributed by atoms with Crippen LogP contribution in [0.15, 0.2) is 54.6 Å². The molecule has 5 nitrogen and oxygen atoms in total. The number of urea groups is 1. The van der Waals surface area contributed by atoms with Crippen molar-refractivity contribution in [3.63, 3.8) is 0 Å². The zero-order valence-corrected chi connectivity index (χ0v) is 18.9. The molecule has 2 saturated heterocycles. The molecule has 2 heterocycles. The van der Waals surface area contributed by atoms with Crippen LogP contribution in [0, 0.1) is 5.92 Å². The predicted molar refractivity (Wildman–Crippen MR) is 128 cm³/mol. The first-order valence-corrected chi connectivity index (χ1v) is 11.8. The molecule has 0 aliphatic carbocycles. The number of likely N-dealkylation sites (tertiary alicyclic amines) is 1. The second kappa shape index (κ2) is 11.0. The van der Waals surface area contributed by atoms with Crippen LogP contribution in [0.2, 0.25) is 5.02 Å². The summed E-state index contributed by atoms with van der Waals surface area (Å²) in [5, 5.41) is 3.65. The molecule has 31 heavy (non-hydrogen) atoms. The van der Waals surface area contributed by atoms with Crippen molar-refractivity contribution in [1.82, 2.24) is 14.7 Å². The molecule has 2 aromatic carbocycles. The van der Waals surface area contributed by atoms with E-state index in [-0.39, 0.29) is 6.03 Å². The molecule has 2 aliphatic rings. The van der Waals surface area contributed by atoms with Crippen molar-refractivity contribution < 1.29 is 4.79 Å². The highest BCUT2D eigenvalue weighted by Gasteiger charge is 2.26. The standard InChI is InChI=1S/C25H33ClN4O/c26-23-8-10-24(11-9-23)27-25(31)30-17-15-29(16-18-30)20-22-7-4-13-28(19-22)14-12-21-5-2-1-3-6-21/h1-3,5-6,8-11,22H,4,7,12-20H2,(H,27,31)/t22-/m1/s1. The van der Waals surface area contributed by atoms with Crippen LogP contribution in [0.4, 0.5) is 10.5 Å². The molecule has 1 atom stereocenters. The fraction of sp³-hybridized carbons (Fsp3) is 0.480. The molecule has 0 spiro atoms. The van der Waals surface area contributed by atoms with E-state index in [1.54, 1.807) is 12.1 Å². The Morgan fingerprint density at radius 2 is 1.68 bits per heavy atom. The van der Waals surface area contributed by atoms with Crippen LogP contribution >= 0.6 is 11.6 Å². The smallest absolute Gasteiger partial charge is 0.321 e. The average molecular weight is 441 g/mol. The van der Waals surface area contributed by atoms with Crippen molar-refractivity contribution in [3.8, 4) is 0 Å². The number of hydrogen-bond acceptors (Lipinski definition) is 3. The molecule has 4 rings (SSSR count). The van der Waals surface area contributed by atoms with E-state index in [0.29, 0.717) is 5.02 Å². The molecule has 6 heteroatoms. The quantitative estimate of drug-likeness (QED) is 0.721. The van der Waals surface area contributed by atoms with Crippen molar-refractivity contribution in [2.45, 2.75) is 19.3 Å². The molecule has 1 N–H and O–H groups in total. The summed E-state index contributed by atoms with van der Waals surface area (Å²) < 4.78 is 0. The minimum atomic E-state index is -0.0216. The maximum absolute atomic E-state index is 12.5. The Morgan fingerprint density at radius 3 is 2.42 bits per heavy atom. The maximum atomic E-state index is 12.5. The van der Waals surface area contributed by atoms with Gasteiger partial charge in [-0.1, -0.05) is 41.9 Å². The van der Waals surface area contributed by atoms with E-state index in [4.69, 9.17) is 11.6 Å². The Kier molecular flexibility index (Phi) is 7.84. The van der Waals surface area contributed by atoms with E-state index >= 15 is 0 Å². The number of rotatable bonds is 6. The minimum absolute atomic E-state index is 0.0216. The molecule has 0 radical (unpaired) electrons. The van der Waals surface area contributed by atoms with E-state index in [1.165, 1.54) is 31.5 Å². The lowest BCUT2D eigenvalue weighted by Gasteiger charge is -2.39. The lowest BCUT2D eigenvalue weighted by molar-refractivity contribution is 0.101. The van der Waals surface area contributed by atoms with Gasteiger partial charge in [-0.2, -0.15) is 0 Å². The van der Waals surface area contributed by atoms with Gasteiger partial charge in [-0.05, 0) is 61.6 Å². The van der Waals surface area contributed by atoms with Gasteiger partial charge < -0.3 is 15.1 Å². The number of piperidine rings is 1. The van der Waals surface area contributed by atoms with Crippen LogP contribution in [0.1, 0.15) is 18.4 Å². The number of hydrogen-bond donors (Lipinski definition) is 1. The Morgan fingerprint density at radius 1 is 0.935 bits per heavy atom. The summed E-state index contributed by atoms with van der Waals surface area (Å²) >= 11 is 5.92. The number of anilines is 1. The normalized spacial score (nSPS) is 20.5. The summed E-state index contributed by atoms with van der Waals surface area (Å²) in [6.45, 7) is 8.19. The molecular weight excluding hydrogens is 408 g/mol. The molecule has 0 unspecified atom stereocenters. The first kappa shape index (κ1) is 22.1. The molecule has 166 valence electrons. The Hall–Kier alpha value is -2.08. The van der Waals surface area contributed by atoms with Crippen molar-refractivity contribution in [3.05, 3.63) is 65.2 Å². The largest absolute Gasteiger partial charge is 0.322 e. The van der Waals surface area contributed by atoms with Crippen LogP contribution in [0.3, 0.4) is 0 Å². The number of halogens is 1. The lowest BCUT2D eigenvalue weighted by atomic mass is 9.96. The van der Waals surface area contributed by atoms with Gasteiger partial charge in [-0.3, -0.25) is 4.90 Å². The minimum Gasteiger partial charge on any atom is -0.322 e. The molecular formula is C25H33ClN4O. The molecule has 2 amide bonds. The van der Waals surface area contributed by atoms with Gasteiger partial charge in [0.05, 0.1) is 0 Å². The van der Waals surface area contributed by atoms with Crippen LogP contribution < -0.4 is 5.32 Å². The van der Waals surface area contributed by atoms with E-state index in [1.807, 2.05) is 17.0 Å². The molecule has 0 bridgehead atoms. The molecule has 2 aromatic rings. The fourth-order valence-corrected chi connectivity index (χ4v) is 4.80. The van der Waals surface area contributed by atoms with Gasteiger partial charge in [0.1, 0.15) is 0 Å². The van der Waals surface area contributed by atoms with Crippen molar-refractivity contribution in [1.29, 1.82) is 0 Å². The maximum Gasteiger partial charge on any atom is 0.321 e. The van der Waals surface area contributed by atoms with Gasteiger partial charge in [-0.25, -0.2) is 4.79 Å². The highest BCUT2D eigenvalue weighted by molar-refractivity contribution is 6.30. The lowest BCUT2D eigenvalue weighted by Crippen LogP contribution is -2.52. The third-order valence-electron chi connectivity index (χ3n) is 6.43. The Labute approximate surface area is 191 Å².